The van der Waals surface area contributed by atoms with Crippen LogP contribution in [0.4, 0.5) is 9.18 Å². The highest BCUT2D eigenvalue weighted by Gasteiger charge is 2.36. The average Bonchev–Trinajstić information content (AvgIpc) is 2.53. The molecule has 7 heteroatoms. The molecule has 2 heterocycles. The number of amides is 2. The molecule has 2 N–H and O–H groups in total. The molecule has 1 fully saturated rings. The number of hydrogen-bond acceptors (Lipinski definition) is 3. The summed E-state index contributed by atoms with van der Waals surface area (Å²) >= 11 is 0. The highest BCUT2D eigenvalue weighted by Crippen LogP contribution is 2.39. The van der Waals surface area contributed by atoms with Crippen LogP contribution < -0.4 is 10.1 Å². The second kappa shape index (κ2) is 6.54. The number of carbonyl (C=O) groups is 2. The number of piperidine rings is 1. The van der Waals surface area contributed by atoms with Crippen LogP contribution in [0.3, 0.4) is 0 Å². The lowest BCUT2D eigenvalue weighted by atomic mass is 9.89. The van der Waals surface area contributed by atoms with Crippen molar-refractivity contribution in [3.8, 4) is 5.75 Å². The van der Waals surface area contributed by atoms with Gasteiger partial charge in [0.05, 0.1) is 12.0 Å². The monoisotopic (exact) mass is 350 g/mol. The number of benzene rings is 1. The van der Waals surface area contributed by atoms with Crippen LogP contribution in [0.15, 0.2) is 18.2 Å². The van der Waals surface area contributed by atoms with Gasteiger partial charge in [-0.05, 0) is 32.8 Å². The van der Waals surface area contributed by atoms with Gasteiger partial charge in [-0.15, -0.1) is 0 Å². The number of halogens is 1. The van der Waals surface area contributed by atoms with E-state index < -0.39 is 11.6 Å². The molecule has 2 aliphatic rings. The molecule has 1 aromatic carbocycles. The van der Waals surface area contributed by atoms with Gasteiger partial charge < -0.3 is 20.1 Å². The van der Waals surface area contributed by atoms with Crippen molar-refractivity contribution in [1.82, 2.24) is 10.2 Å². The van der Waals surface area contributed by atoms with Gasteiger partial charge in [0, 0.05) is 31.1 Å². The summed E-state index contributed by atoms with van der Waals surface area (Å²) in [5, 5.41) is 12.1. The molecule has 136 valence electrons. The van der Waals surface area contributed by atoms with Crippen LogP contribution in [0.25, 0.3) is 0 Å². The molecule has 25 heavy (non-hydrogen) atoms. The van der Waals surface area contributed by atoms with Crippen LogP contribution in [0, 0.1) is 11.7 Å². The molecule has 2 amide bonds. The molecular formula is C18H23FN2O4. The highest BCUT2D eigenvalue weighted by molar-refractivity contribution is 5.76. The summed E-state index contributed by atoms with van der Waals surface area (Å²) in [7, 11) is 0. The Morgan fingerprint density at radius 1 is 1.32 bits per heavy atom. The Bertz CT molecular complexity index is 684. The van der Waals surface area contributed by atoms with Crippen molar-refractivity contribution in [1.29, 1.82) is 0 Å². The fourth-order valence-corrected chi connectivity index (χ4v) is 3.52. The topological polar surface area (TPSA) is 78.9 Å². The van der Waals surface area contributed by atoms with E-state index in [4.69, 9.17) is 9.84 Å². The van der Waals surface area contributed by atoms with Crippen molar-refractivity contribution in [3.63, 3.8) is 0 Å². The maximum atomic E-state index is 13.5. The second-order valence-electron chi connectivity index (χ2n) is 7.35. The van der Waals surface area contributed by atoms with Crippen LogP contribution in [-0.4, -0.2) is 40.7 Å². The number of rotatable bonds is 2. The number of likely N-dealkylation sites (tertiary alicyclic amines) is 1. The third-order valence-electron chi connectivity index (χ3n) is 4.86. The van der Waals surface area contributed by atoms with E-state index in [1.807, 2.05) is 13.8 Å². The number of carbonyl (C=O) groups excluding carboxylic acids is 1. The summed E-state index contributed by atoms with van der Waals surface area (Å²) in [5.74, 6) is -1.11. The number of fused-ring (bicyclic) bond motifs is 1. The van der Waals surface area contributed by atoms with E-state index in [0.29, 0.717) is 38.1 Å². The molecule has 6 nitrogen and oxygen atoms in total. The van der Waals surface area contributed by atoms with Crippen molar-refractivity contribution in [3.05, 3.63) is 29.6 Å². The van der Waals surface area contributed by atoms with E-state index in [0.717, 1.165) is 5.56 Å². The number of ether oxygens (including phenoxy) is 1. The maximum Gasteiger partial charge on any atom is 0.317 e. The molecule has 3 rings (SSSR count). The van der Waals surface area contributed by atoms with Gasteiger partial charge in [-0.25, -0.2) is 9.18 Å². The first-order valence-corrected chi connectivity index (χ1v) is 8.52. The lowest BCUT2D eigenvalue weighted by Gasteiger charge is -2.39. The smallest absolute Gasteiger partial charge is 0.317 e. The van der Waals surface area contributed by atoms with Crippen LogP contribution in [-0.2, 0) is 4.79 Å². The third kappa shape index (κ3) is 3.86. The zero-order valence-electron chi connectivity index (χ0n) is 14.4. The van der Waals surface area contributed by atoms with Gasteiger partial charge in [-0.3, -0.25) is 4.79 Å². The molecule has 1 atom stereocenters. The summed E-state index contributed by atoms with van der Waals surface area (Å²) < 4.78 is 19.3. The lowest BCUT2D eigenvalue weighted by Crippen LogP contribution is -2.48. The van der Waals surface area contributed by atoms with Crippen LogP contribution in [0.5, 0.6) is 5.75 Å². The number of aliphatic carboxylic acids is 1. The van der Waals surface area contributed by atoms with Gasteiger partial charge in [-0.2, -0.15) is 0 Å². The molecule has 0 aliphatic carbocycles. The molecular weight excluding hydrogens is 327 g/mol. The Labute approximate surface area is 146 Å². The van der Waals surface area contributed by atoms with Gasteiger partial charge in [0.1, 0.15) is 17.2 Å². The molecule has 1 saturated heterocycles. The van der Waals surface area contributed by atoms with E-state index in [1.54, 1.807) is 11.0 Å². The second-order valence-corrected chi connectivity index (χ2v) is 7.35. The predicted octanol–water partition coefficient (Wildman–Crippen LogP) is 2.93. The van der Waals surface area contributed by atoms with Gasteiger partial charge in [0.15, 0.2) is 0 Å². The fourth-order valence-electron chi connectivity index (χ4n) is 3.52. The van der Waals surface area contributed by atoms with Gasteiger partial charge >= 0.3 is 12.0 Å². The first-order valence-electron chi connectivity index (χ1n) is 8.52. The standard InChI is InChI=1S/C18H23FN2O4/c1-18(2)10-14(13-4-3-12(19)9-15(13)25-18)20-17(24)21-7-5-11(6-8-21)16(22)23/h3-4,9,11,14H,5-8,10H2,1-2H3,(H,20,24)(H,22,23). The third-order valence-corrected chi connectivity index (χ3v) is 4.86. The minimum atomic E-state index is -0.804. The Hall–Kier alpha value is -2.31. The molecule has 0 saturated carbocycles. The van der Waals surface area contributed by atoms with E-state index >= 15 is 0 Å². The summed E-state index contributed by atoms with van der Waals surface area (Å²) in [6, 6.07) is 3.85. The zero-order valence-corrected chi connectivity index (χ0v) is 14.4. The molecule has 0 aromatic heterocycles. The Morgan fingerprint density at radius 3 is 2.64 bits per heavy atom. The van der Waals surface area contributed by atoms with Gasteiger partial charge in [-0.1, -0.05) is 6.07 Å². The van der Waals surface area contributed by atoms with Crippen LogP contribution >= 0.6 is 0 Å². The number of urea groups is 1. The lowest BCUT2D eigenvalue weighted by molar-refractivity contribution is -0.143. The van der Waals surface area contributed by atoms with Gasteiger partial charge in [0.2, 0.25) is 0 Å². The van der Waals surface area contributed by atoms with E-state index in [-0.39, 0.29) is 23.8 Å². The van der Waals surface area contributed by atoms with Crippen molar-refractivity contribution >= 4 is 12.0 Å². The highest BCUT2D eigenvalue weighted by atomic mass is 19.1. The normalized spacial score (nSPS) is 22.7. The zero-order chi connectivity index (χ0) is 18.2. The molecule has 0 spiro atoms. The van der Waals surface area contributed by atoms with Crippen LogP contribution in [0.2, 0.25) is 0 Å². The number of carboxylic acids is 1. The SMILES string of the molecule is CC1(C)CC(NC(=O)N2CCC(C(=O)O)CC2)c2ccc(F)cc2O1. The van der Waals surface area contributed by atoms with E-state index in [2.05, 4.69) is 5.32 Å². The van der Waals surface area contributed by atoms with Crippen molar-refractivity contribution in [2.75, 3.05) is 13.1 Å². The summed E-state index contributed by atoms with van der Waals surface area (Å²) in [4.78, 5) is 25.2. The number of nitrogens with zero attached hydrogens (tertiary/aromatic N) is 1. The number of carboxylic acid groups (broad SMARTS) is 1. The van der Waals surface area contributed by atoms with Crippen molar-refractivity contribution in [2.45, 2.75) is 44.8 Å². The Morgan fingerprint density at radius 2 is 2.00 bits per heavy atom. The minimum absolute atomic E-state index is 0.221. The molecule has 1 aromatic rings. The summed E-state index contributed by atoms with van der Waals surface area (Å²) in [6.07, 6.45) is 1.50. The number of nitrogens with one attached hydrogen (secondary N) is 1. The summed E-state index contributed by atoms with van der Waals surface area (Å²) in [5.41, 5.74) is 0.240. The quantitative estimate of drug-likeness (QED) is 0.860. The molecule has 1 unspecified atom stereocenters. The molecule has 0 bridgehead atoms. The minimum Gasteiger partial charge on any atom is -0.487 e. The first-order chi connectivity index (χ1) is 11.7. The first kappa shape index (κ1) is 17.5. The summed E-state index contributed by atoms with van der Waals surface area (Å²) in [6.45, 7) is 4.65. The number of hydrogen-bond donors (Lipinski definition) is 2. The van der Waals surface area contributed by atoms with E-state index in [1.165, 1.54) is 12.1 Å². The average molecular weight is 350 g/mol. The molecule has 0 radical (unpaired) electrons. The Balaban J connectivity index is 1.70. The van der Waals surface area contributed by atoms with Crippen molar-refractivity contribution in [2.24, 2.45) is 5.92 Å². The Kier molecular flexibility index (Phi) is 4.58. The van der Waals surface area contributed by atoms with Crippen molar-refractivity contribution < 1.29 is 23.8 Å². The van der Waals surface area contributed by atoms with Gasteiger partial charge in [0.25, 0.3) is 0 Å². The van der Waals surface area contributed by atoms with E-state index in [9.17, 15) is 14.0 Å². The predicted molar refractivity (Wildman–Crippen MR) is 88.9 cm³/mol. The fraction of sp³-hybridized carbons (Fsp3) is 0.556. The van der Waals surface area contributed by atoms with Crippen LogP contribution in [0.1, 0.15) is 44.7 Å². The molecule has 2 aliphatic heterocycles. The maximum absolute atomic E-state index is 13.5. The largest absolute Gasteiger partial charge is 0.487 e.